The number of rotatable bonds is 2. The van der Waals surface area contributed by atoms with E-state index in [4.69, 9.17) is 5.73 Å². The second kappa shape index (κ2) is 6.87. The van der Waals surface area contributed by atoms with E-state index in [2.05, 4.69) is 20.4 Å². The first-order valence-electron chi connectivity index (χ1n) is 9.60. The largest absolute Gasteiger partial charge is 0.418 e. The van der Waals surface area contributed by atoms with Crippen molar-refractivity contribution < 1.29 is 22.4 Å². The molecule has 5 heterocycles. The molecule has 31 heavy (non-hydrogen) atoms. The smallest absolute Gasteiger partial charge is 0.382 e. The van der Waals surface area contributed by atoms with E-state index < -0.39 is 29.9 Å². The summed E-state index contributed by atoms with van der Waals surface area (Å²) < 4.78 is 56.0. The Bertz CT molecular complexity index is 1190. The number of nitrogens with two attached hydrogens (primary N) is 1. The minimum Gasteiger partial charge on any atom is -0.382 e. The minimum atomic E-state index is -4.68. The Labute approximate surface area is 173 Å². The van der Waals surface area contributed by atoms with Crippen LogP contribution in [0.15, 0.2) is 24.7 Å². The summed E-state index contributed by atoms with van der Waals surface area (Å²) in [7, 11) is 0. The van der Waals surface area contributed by atoms with Crippen LogP contribution in [0.1, 0.15) is 21.6 Å². The molecule has 2 atom stereocenters. The van der Waals surface area contributed by atoms with Gasteiger partial charge in [-0.3, -0.25) is 9.78 Å². The Morgan fingerprint density at radius 3 is 2.71 bits per heavy atom. The maximum absolute atomic E-state index is 14.2. The van der Waals surface area contributed by atoms with Crippen LogP contribution in [0, 0.1) is 0 Å². The van der Waals surface area contributed by atoms with Gasteiger partial charge in [0.1, 0.15) is 18.0 Å². The third-order valence-electron chi connectivity index (χ3n) is 5.75. The molecule has 0 radical (unpaired) electrons. The minimum absolute atomic E-state index is 0.0718. The number of amides is 1. The van der Waals surface area contributed by atoms with Crippen molar-refractivity contribution in [3.63, 3.8) is 0 Å². The van der Waals surface area contributed by atoms with Gasteiger partial charge in [0.05, 0.1) is 28.6 Å². The Hall–Kier alpha value is -3.28. The third kappa shape index (κ3) is 3.09. The molecule has 162 valence electrons. The number of nitrogens with one attached hydrogen (secondary N) is 1. The van der Waals surface area contributed by atoms with Crippen molar-refractivity contribution in [2.24, 2.45) is 0 Å². The zero-order valence-corrected chi connectivity index (χ0v) is 16.0. The number of halogens is 4. The van der Waals surface area contributed by atoms with Crippen LogP contribution in [0.4, 0.5) is 23.4 Å². The molecule has 1 fully saturated rings. The van der Waals surface area contributed by atoms with E-state index in [1.807, 2.05) is 0 Å². The van der Waals surface area contributed by atoms with Crippen molar-refractivity contribution in [2.75, 3.05) is 25.4 Å². The van der Waals surface area contributed by atoms with Gasteiger partial charge >= 0.3 is 6.18 Å². The van der Waals surface area contributed by atoms with Crippen molar-refractivity contribution in [3.8, 4) is 11.3 Å². The van der Waals surface area contributed by atoms with Crippen LogP contribution >= 0.6 is 0 Å². The number of fused-ring (bicyclic) bond motifs is 2. The molecule has 8 nitrogen and oxygen atoms in total. The molecule has 3 aromatic rings. The predicted molar refractivity (Wildman–Crippen MR) is 102 cm³/mol. The molecule has 0 bridgehead atoms. The zero-order valence-electron chi connectivity index (χ0n) is 16.0. The Morgan fingerprint density at radius 1 is 1.19 bits per heavy atom. The Morgan fingerprint density at radius 2 is 2.00 bits per heavy atom. The number of aromatic nitrogens is 4. The zero-order chi connectivity index (χ0) is 21.9. The van der Waals surface area contributed by atoms with Crippen LogP contribution < -0.4 is 11.1 Å². The first-order valence-corrected chi connectivity index (χ1v) is 9.60. The van der Waals surface area contributed by atoms with Crippen molar-refractivity contribution in [3.05, 3.63) is 41.5 Å². The number of alkyl halides is 4. The van der Waals surface area contributed by atoms with Crippen LogP contribution in [0.5, 0.6) is 0 Å². The molecule has 0 spiro atoms. The van der Waals surface area contributed by atoms with Gasteiger partial charge in [-0.25, -0.2) is 13.9 Å². The lowest BCUT2D eigenvalue weighted by Crippen LogP contribution is -2.49. The van der Waals surface area contributed by atoms with E-state index in [9.17, 15) is 22.4 Å². The highest BCUT2D eigenvalue weighted by atomic mass is 19.4. The van der Waals surface area contributed by atoms with E-state index in [1.54, 1.807) is 0 Å². The van der Waals surface area contributed by atoms with Crippen molar-refractivity contribution in [1.82, 2.24) is 29.8 Å². The number of pyridine rings is 1. The first-order chi connectivity index (χ1) is 14.8. The summed E-state index contributed by atoms with van der Waals surface area (Å²) in [6, 6.07) is 1.81. The first kappa shape index (κ1) is 19.7. The maximum Gasteiger partial charge on any atom is 0.418 e. The lowest BCUT2D eigenvalue weighted by Gasteiger charge is -2.33. The molecular weight excluding hydrogens is 418 g/mol. The number of nitrogen functional groups attached to an aromatic ring is 1. The molecule has 0 aliphatic carbocycles. The summed E-state index contributed by atoms with van der Waals surface area (Å²) in [5, 5.41) is 6.84. The molecule has 1 amide bonds. The Balaban J connectivity index is 1.61. The quantitative estimate of drug-likeness (QED) is 0.595. The second-order valence-electron chi connectivity index (χ2n) is 7.56. The van der Waals surface area contributed by atoms with Crippen molar-refractivity contribution in [1.29, 1.82) is 0 Å². The molecular formula is C19H17F4N7O. The van der Waals surface area contributed by atoms with Gasteiger partial charge in [-0.1, -0.05) is 0 Å². The third-order valence-corrected chi connectivity index (χ3v) is 5.75. The second-order valence-corrected chi connectivity index (χ2v) is 7.56. The lowest BCUT2D eigenvalue weighted by atomic mass is 9.99. The van der Waals surface area contributed by atoms with E-state index in [-0.39, 0.29) is 34.7 Å². The van der Waals surface area contributed by atoms with Crippen LogP contribution in [-0.4, -0.2) is 62.2 Å². The number of carbonyl (C=O) groups excluding carboxylic acids is 1. The maximum atomic E-state index is 14.2. The highest BCUT2D eigenvalue weighted by Crippen LogP contribution is 2.39. The van der Waals surface area contributed by atoms with Crippen LogP contribution in [0.3, 0.4) is 0 Å². The molecule has 1 saturated heterocycles. The highest BCUT2D eigenvalue weighted by Gasteiger charge is 2.39. The molecule has 5 rings (SSSR count). The van der Waals surface area contributed by atoms with Crippen LogP contribution in [0.2, 0.25) is 0 Å². The average molecular weight is 435 g/mol. The van der Waals surface area contributed by atoms with Gasteiger partial charge in [-0.05, 0) is 12.1 Å². The molecule has 0 unspecified atom stereocenters. The van der Waals surface area contributed by atoms with Gasteiger partial charge < -0.3 is 16.0 Å². The number of carbonyl (C=O) groups is 1. The molecule has 3 aromatic heterocycles. The summed E-state index contributed by atoms with van der Waals surface area (Å²) in [6.07, 6.45) is -2.97. The fourth-order valence-corrected chi connectivity index (χ4v) is 4.24. The van der Waals surface area contributed by atoms with Gasteiger partial charge in [0.2, 0.25) is 0 Å². The lowest BCUT2D eigenvalue weighted by molar-refractivity contribution is -0.136. The molecule has 12 heteroatoms. The van der Waals surface area contributed by atoms with E-state index in [1.165, 1.54) is 17.2 Å². The SMILES string of the molecule is Nc1ncnn2c(-c3cnc4c(c3)C(=O)N([C@@H]3CNC[C@@H]3F)CC4)cc(C(F)(F)F)c12. The summed E-state index contributed by atoms with van der Waals surface area (Å²) in [6.45, 7) is 0.863. The van der Waals surface area contributed by atoms with Gasteiger partial charge in [-0.15, -0.1) is 0 Å². The van der Waals surface area contributed by atoms with E-state index in [0.29, 0.717) is 25.2 Å². The topological polar surface area (TPSA) is 101 Å². The van der Waals surface area contributed by atoms with Gasteiger partial charge in [0.15, 0.2) is 5.82 Å². The summed E-state index contributed by atoms with van der Waals surface area (Å²) in [5.74, 6) is -0.706. The van der Waals surface area contributed by atoms with Crippen LogP contribution in [-0.2, 0) is 12.6 Å². The molecule has 3 N–H and O–H groups in total. The fraction of sp³-hybridized carbons (Fsp3) is 0.368. The molecule has 2 aliphatic heterocycles. The molecule has 2 aliphatic rings. The Kier molecular flexibility index (Phi) is 4.36. The van der Waals surface area contributed by atoms with Crippen molar-refractivity contribution in [2.45, 2.75) is 24.8 Å². The van der Waals surface area contributed by atoms with E-state index in [0.717, 1.165) is 16.9 Å². The van der Waals surface area contributed by atoms with E-state index >= 15 is 0 Å². The fourth-order valence-electron chi connectivity index (χ4n) is 4.24. The predicted octanol–water partition coefficient (Wildman–Crippen LogP) is 1.70. The summed E-state index contributed by atoms with van der Waals surface area (Å²) in [5.41, 5.74) is 5.44. The van der Waals surface area contributed by atoms with Gasteiger partial charge in [0.25, 0.3) is 5.91 Å². The number of anilines is 1. The average Bonchev–Trinajstić information content (AvgIpc) is 3.33. The van der Waals surface area contributed by atoms with Crippen LogP contribution in [0.25, 0.3) is 16.8 Å². The highest BCUT2D eigenvalue weighted by molar-refractivity contribution is 5.97. The van der Waals surface area contributed by atoms with Gasteiger partial charge in [0, 0.05) is 37.8 Å². The monoisotopic (exact) mass is 435 g/mol. The number of nitrogens with zero attached hydrogens (tertiary/aromatic N) is 5. The summed E-state index contributed by atoms with van der Waals surface area (Å²) in [4.78, 5) is 22.5. The number of hydrogen-bond donors (Lipinski definition) is 2. The number of hydrogen-bond acceptors (Lipinski definition) is 6. The van der Waals surface area contributed by atoms with Crippen molar-refractivity contribution >= 4 is 17.2 Å². The normalized spacial score (nSPS) is 21.7. The molecule has 0 saturated carbocycles. The standard InChI is InChI=1S/C19H17F4N7O/c20-12-6-25-7-15(12)29-2-1-13-10(18(29)31)3-9(5-26-13)14-4-11(19(21,22)23)16-17(24)27-8-28-30(14)16/h3-5,8,12,15,25H,1-2,6-7H2,(H2,24,27,28)/t12-,15+/m0/s1. The summed E-state index contributed by atoms with van der Waals surface area (Å²) >= 11 is 0. The molecule has 0 aromatic carbocycles. The van der Waals surface area contributed by atoms with Gasteiger partial charge in [-0.2, -0.15) is 18.3 Å².